The molecule has 9 amide bonds. The number of carbonyl (C=O) groups excluding carboxylic acids is 9. The van der Waals surface area contributed by atoms with Gasteiger partial charge in [-0.2, -0.15) is 11.8 Å². The lowest BCUT2D eigenvalue weighted by Crippen LogP contribution is -2.61. The Bertz CT molecular complexity index is 2130. The van der Waals surface area contributed by atoms with E-state index >= 15 is 0 Å². The maximum atomic E-state index is 14.2. The van der Waals surface area contributed by atoms with Gasteiger partial charge in [-0.15, -0.1) is 0 Å². The van der Waals surface area contributed by atoms with E-state index in [-0.39, 0.29) is 62.2 Å². The standard InChI is InChI=1S/C50H86N12O14S/c1-24(2)15-33(56-42(67)31(51)22-63)44(69)54-29(11)41(66)55-32(13-14-77-12)43(68)57-34(16-25(3)4)47(72)61-38(20-39(64)65)48(73)59-35(17-26(5)6)45(70)58-36(18-27(7)8)46(71)60-37(19-30-21-52-23-53-30)49(74)62-40(28(9)10)50(75)76/h21,23-29,31-38,40,63H,13-20,22,51H2,1-12H3,(H,52,53)(H,54,69)(H,55,66)(H,56,67)(H,57,68)(H,58,70)(H,59,73)(H,60,71)(H,61,72)(H,62,74)(H,64,65)(H,75,76)/t29-,31-,32-,33-,34-,35-,36-,37-,38-,40-/m0/s1. The van der Waals surface area contributed by atoms with Gasteiger partial charge in [0.2, 0.25) is 53.2 Å². The Labute approximate surface area is 455 Å². The van der Waals surface area contributed by atoms with Crippen molar-refractivity contribution in [3.05, 3.63) is 18.2 Å². The van der Waals surface area contributed by atoms with Gasteiger partial charge in [0, 0.05) is 18.3 Å². The van der Waals surface area contributed by atoms with Gasteiger partial charge in [0.15, 0.2) is 0 Å². The third kappa shape index (κ3) is 26.0. The molecular formula is C50H86N12O14S. The summed E-state index contributed by atoms with van der Waals surface area (Å²) in [5.41, 5.74) is 6.05. The summed E-state index contributed by atoms with van der Waals surface area (Å²) in [6, 6.07) is -13.4. The summed E-state index contributed by atoms with van der Waals surface area (Å²) in [6.45, 7) is 18.1. The van der Waals surface area contributed by atoms with Crippen LogP contribution in [0.2, 0.25) is 0 Å². The summed E-state index contributed by atoms with van der Waals surface area (Å²) in [5.74, 6) is -11.4. The highest BCUT2D eigenvalue weighted by Gasteiger charge is 2.37. The largest absolute Gasteiger partial charge is 0.481 e. The summed E-state index contributed by atoms with van der Waals surface area (Å²) < 4.78 is 0. The van der Waals surface area contributed by atoms with Crippen molar-refractivity contribution in [2.75, 3.05) is 18.6 Å². The highest BCUT2D eigenvalue weighted by molar-refractivity contribution is 7.98. The topological polar surface area (TPSA) is 411 Å². The second kappa shape index (κ2) is 34.4. The van der Waals surface area contributed by atoms with E-state index in [1.807, 2.05) is 13.8 Å². The molecule has 1 heterocycles. The monoisotopic (exact) mass is 1110 g/mol. The van der Waals surface area contributed by atoms with E-state index in [0.29, 0.717) is 11.4 Å². The minimum absolute atomic E-state index is 0.0164. The van der Waals surface area contributed by atoms with Gasteiger partial charge in [-0.3, -0.25) is 47.9 Å². The molecule has 26 nitrogen and oxygen atoms in total. The van der Waals surface area contributed by atoms with Gasteiger partial charge in [0.25, 0.3) is 0 Å². The number of aliphatic hydroxyl groups excluding tert-OH is 1. The number of rotatable bonds is 36. The van der Waals surface area contributed by atoms with E-state index in [9.17, 15) is 68.1 Å². The van der Waals surface area contributed by atoms with Gasteiger partial charge in [0.1, 0.15) is 60.4 Å². The SMILES string of the molecule is CSCC[C@H](NC(=O)[C@H](C)NC(=O)[C@H](CC(C)C)NC(=O)[C@@H](N)CO)C(=O)N[C@@H](CC(C)C)C(=O)N[C@@H](CC(=O)O)C(=O)N[C@@H](CC(C)C)C(=O)N[C@@H](CC(C)C)C(=O)N[C@@H](Cc1cnc[nH]1)C(=O)N[C@H](C(=O)O)C(C)C. The lowest BCUT2D eigenvalue weighted by atomic mass is 9.99. The number of nitrogens with two attached hydrogens (primary N) is 1. The molecule has 436 valence electrons. The van der Waals surface area contributed by atoms with E-state index in [1.165, 1.54) is 31.2 Å². The minimum Gasteiger partial charge on any atom is -0.481 e. The molecule has 0 saturated heterocycles. The van der Waals surface area contributed by atoms with E-state index in [2.05, 4.69) is 57.8 Å². The first-order valence-electron chi connectivity index (χ1n) is 25.9. The number of imidazole rings is 1. The van der Waals surface area contributed by atoms with Crippen LogP contribution in [0.1, 0.15) is 120 Å². The highest BCUT2D eigenvalue weighted by Crippen LogP contribution is 2.14. The van der Waals surface area contributed by atoms with Crippen molar-refractivity contribution in [3.63, 3.8) is 0 Å². The number of hydrogen-bond acceptors (Lipinski definition) is 15. The number of carbonyl (C=O) groups is 11. The van der Waals surface area contributed by atoms with Gasteiger partial charge in [-0.1, -0.05) is 69.2 Å². The van der Waals surface area contributed by atoms with Gasteiger partial charge in [-0.05, 0) is 80.6 Å². The molecule has 1 aromatic rings. The molecule has 0 unspecified atom stereocenters. The number of aliphatic hydroxyl groups is 1. The lowest BCUT2D eigenvalue weighted by molar-refractivity contribution is -0.143. The molecule has 0 fully saturated rings. The van der Waals surface area contributed by atoms with E-state index < -0.39 is 144 Å². The Balaban J connectivity index is 3.43. The molecule has 0 aromatic carbocycles. The van der Waals surface area contributed by atoms with E-state index in [1.54, 1.807) is 61.6 Å². The van der Waals surface area contributed by atoms with Crippen LogP contribution < -0.4 is 53.6 Å². The van der Waals surface area contributed by atoms with Crippen molar-refractivity contribution in [2.24, 2.45) is 35.3 Å². The molecule has 0 bridgehead atoms. The van der Waals surface area contributed by atoms with Gasteiger partial charge in [0.05, 0.1) is 19.4 Å². The number of nitrogens with zero attached hydrogens (tertiary/aromatic N) is 1. The Morgan fingerprint density at radius 1 is 0.532 bits per heavy atom. The van der Waals surface area contributed by atoms with Crippen LogP contribution in [0.15, 0.2) is 12.5 Å². The van der Waals surface area contributed by atoms with Crippen molar-refractivity contribution in [2.45, 2.75) is 182 Å². The van der Waals surface area contributed by atoms with Crippen LogP contribution in [0.25, 0.3) is 0 Å². The van der Waals surface area contributed by atoms with Gasteiger partial charge >= 0.3 is 11.9 Å². The lowest BCUT2D eigenvalue weighted by Gasteiger charge is -2.29. The maximum absolute atomic E-state index is 14.2. The quantitative estimate of drug-likeness (QED) is 0.0376. The predicted molar refractivity (Wildman–Crippen MR) is 286 cm³/mol. The molecule has 0 spiro atoms. The third-order valence-electron chi connectivity index (χ3n) is 11.7. The predicted octanol–water partition coefficient (Wildman–Crippen LogP) is -1.19. The first kappa shape index (κ1) is 68.7. The summed E-state index contributed by atoms with van der Waals surface area (Å²) in [4.78, 5) is 154. The molecule has 0 radical (unpaired) electrons. The second-order valence-corrected chi connectivity index (χ2v) is 22.2. The van der Waals surface area contributed by atoms with E-state index in [0.717, 1.165) is 0 Å². The van der Waals surface area contributed by atoms with Crippen LogP contribution in [0.4, 0.5) is 0 Å². The van der Waals surface area contributed by atoms with Crippen LogP contribution >= 0.6 is 11.8 Å². The van der Waals surface area contributed by atoms with Crippen LogP contribution in [0.3, 0.4) is 0 Å². The third-order valence-corrected chi connectivity index (χ3v) is 12.4. The van der Waals surface area contributed by atoms with Crippen molar-refractivity contribution < 1.29 is 68.1 Å². The smallest absolute Gasteiger partial charge is 0.326 e. The summed E-state index contributed by atoms with van der Waals surface area (Å²) in [7, 11) is 0. The number of carboxylic acids is 2. The molecular weight excluding hydrogens is 1020 g/mol. The number of H-pyrrole nitrogens is 1. The number of amides is 9. The Kier molecular flexibility index (Phi) is 30.7. The first-order chi connectivity index (χ1) is 35.9. The number of hydrogen-bond donors (Lipinski definition) is 14. The number of thioether (sulfide) groups is 1. The zero-order valence-electron chi connectivity index (χ0n) is 46.4. The Hall–Kier alpha value is -6.35. The summed E-state index contributed by atoms with van der Waals surface area (Å²) in [5, 5.41) is 51.9. The van der Waals surface area contributed by atoms with Crippen LogP contribution in [0.5, 0.6) is 0 Å². The Morgan fingerprint density at radius 3 is 1.29 bits per heavy atom. The van der Waals surface area contributed by atoms with Crippen molar-refractivity contribution >= 4 is 76.9 Å². The maximum Gasteiger partial charge on any atom is 0.326 e. The molecule has 0 aliphatic rings. The average molecular weight is 1110 g/mol. The normalized spacial score (nSPS) is 15.4. The number of nitrogens with one attached hydrogen (secondary N) is 10. The molecule has 10 atom stereocenters. The van der Waals surface area contributed by atoms with Crippen molar-refractivity contribution in [1.82, 2.24) is 57.8 Å². The van der Waals surface area contributed by atoms with Crippen molar-refractivity contribution in [3.8, 4) is 0 Å². The number of aliphatic carboxylic acids is 2. The highest BCUT2D eigenvalue weighted by atomic mass is 32.2. The fraction of sp³-hybridized carbons (Fsp3) is 0.720. The summed E-state index contributed by atoms with van der Waals surface area (Å²) in [6.07, 6.45) is 3.70. The molecule has 0 aliphatic carbocycles. The fourth-order valence-corrected chi connectivity index (χ4v) is 8.16. The fourth-order valence-electron chi connectivity index (χ4n) is 7.69. The molecule has 1 rings (SSSR count). The first-order valence-corrected chi connectivity index (χ1v) is 27.3. The zero-order chi connectivity index (χ0) is 58.9. The Morgan fingerprint density at radius 2 is 0.909 bits per heavy atom. The molecule has 27 heteroatoms. The molecule has 15 N–H and O–H groups in total. The van der Waals surface area contributed by atoms with Crippen LogP contribution in [-0.4, -0.2) is 169 Å². The summed E-state index contributed by atoms with van der Waals surface area (Å²) >= 11 is 1.36. The average Bonchev–Trinajstić information content (AvgIpc) is 3.84. The molecule has 0 aliphatic heterocycles. The van der Waals surface area contributed by atoms with Crippen LogP contribution in [-0.2, 0) is 59.2 Å². The molecule has 1 aromatic heterocycles. The van der Waals surface area contributed by atoms with Crippen molar-refractivity contribution in [1.29, 1.82) is 0 Å². The zero-order valence-corrected chi connectivity index (χ0v) is 47.3. The number of aromatic amines is 1. The molecule has 77 heavy (non-hydrogen) atoms. The second-order valence-electron chi connectivity index (χ2n) is 21.2. The number of aromatic nitrogens is 2. The van der Waals surface area contributed by atoms with E-state index in [4.69, 9.17) is 5.73 Å². The number of carboxylic acid groups (broad SMARTS) is 2. The van der Waals surface area contributed by atoms with Gasteiger partial charge < -0.3 is 73.9 Å². The van der Waals surface area contributed by atoms with Crippen LogP contribution in [0, 0.1) is 29.6 Å². The minimum atomic E-state index is -1.80. The molecule has 0 saturated carbocycles. The van der Waals surface area contributed by atoms with Gasteiger partial charge in [-0.25, -0.2) is 9.78 Å².